The first-order valence-corrected chi connectivity index (χ1v) is 15.6. The summed E-state index contributed by atoms with van der Waals surface area (Å²) in [6.45, 7) is 3.57. The van der Waals surface area contributed by atoms with Crippen LogP contribution in [0.25, 0.3) is 0 Å². The van der Waals surface area contributed by atoms with Crippen molar-refractivity contribution >= 4 is 62.0 Å². The molecule has 2 unspecified atom stereocenters. The Morgan fingerprint density at radius 2 is 1.49 bits per heavy atom. The molecule has 3 aromatic rings. The highest BCUT2D eigenvalue weighted by molar-refractivity contribution is 8.26. The number of amidine groups is 1. The zero-order valence-electron chi connectivity index (χ0n) is 23.4. The number of anilines is 1. The topological polar surface area (TPSA) is 150 Å². The number of nitrogens with zero attached hydrogens (tertiary/aromatic N) is 2. The lowest BCUT2D eigenvalue weighted by atomic mass is 9.99. The summed E-state index contributed by atoms with van der Waals surface area (Å²) in [4.78, 5) is 25.3. The molecule has 2 atom stereocenters. The highest BCUT2D eigenvalue weighted by Gasteiger charge is 2.21. The van der Waals surface area contributed by atoms with Crippen LogP contribution in [0.15, 0.2) is 48.5 Å². The number of carbonyl (C=O) groups is 2. The summed E-state index contributed by atoms with van der Waals surface area (Å²) in [7, 11) is 3.13. The molecule has 10 nitrogen and oxygen atoms in total. The van der Waals surface area contributed by atoms with Gasteiger partial charge in [-0.1, -0.05) is 47.7 Å². The fourth-order valence-electron chi connectivity index (χ4n) is 3.80. The minimum atomic E-state index is -0.498. The second kappa shape index (κ2) is 16.1. The van der Waals surface area contributed by atoms with E-state index >= 15 is 0 Å². The van der Waals surface area contributed by atoms with Crippen LogP contribution in [0.1, 0.15) is 48.2 Å². The van der Waals surface area contributed by atoms with Gasteiger partial charge in [0.1, 0.15) is 16.5 Å². The van der Waals surface area contributed by atoms with E-state index in [1.165, 1.54) is 11.3 Å². The van der Waals surface area contributed by atoms with Gasteiger partial charge in [0, 0.05) is 24.0 Å². The van der Waals surface area contributed by atoms with Crippen LogP contribution in [0.2, 0.25) is 0 Å². The normalized spacial score (nSPS) is 12.2. The maximum absolute atomic E-state index is 12.7. The van der Waals surface area contributed by atoms with Gasteiger partial charge in [0.15, 0.2) is 5.17 Å². The number of ether oxygens (including phenoxy) is 2. The van der Waals surface area contributed by atoms with E-state index in [-0.39, 0.29) is 17.0 Å². The van der Waals surface area contributed by atoms with E-state index in [0.717, 1.165) is 33.6 Å². The molecule has 0 saturated heterocycles. The Labute approximate surface area is 252 Å². The largest absolute Gasteiger partial charge is 0.496 e. The molecular formula is C28H34N6O4S3. The van der Waals surface area contributed by atoms with Gasteiger partial charge in [0.25, 0.3) is 0 Å². The minimum Gasteiger partial charge on any atom is -0.496 e. The highest BCUT2D eigenvalue weighted by Crippen LogP contribution is 2.28. The average Bonchev–Trinajstić information content (AvgIpc) is 3.42. The molecule has 2 amide bonds. The van der Waals surface area contributed by atoms with Gasteiger partial charge in [-0.3, -0.25) is 25.7 Å². The first-order valence-electron chi connectivity index (χ1n) is 12.8. The van der Waals surface area contributed by atoms with Crippen molar-refractivity contribution in [3.63, 3.8) is 0 Å². The number of hydrogen-bond donors (Lipinski definition) is 4. The Kier molecular flexibility index (Phi) is 12.6. The molecule has 1 aromatic heterocycles. The molecule has 41 heavy (non-hydrogen) atoms. The molecule has 0 aliphatic heterocycles. The second-order valence-corrected chi connectivity index (χ2v) is 12.3. The van der Waals surface area contributed by atoms with Crippen LogP contribution in [0.3, 0.4) is 0 Å². The maximum atomic E-state index is 12.7. The fourth-order valence-corrected chi connectivity index (χ4v) is 6.29. The van der Waals surface area contributed by atoms with Crippen LogP contribution in [-0.4, -0.2) is 57.9 Å². The number of thioether (sulfide) groups is 2. The Hall–Kier alpha value is -3.42. The zero-order chi connectivity index (χ0) is 29.8. The number of aryl methyl sites for hydroxylation is 1. The van der Waals surface area contributed by atoms with Crippen molar-refractivity contribution in [2.24, 2.45) is 0 Å². The molecule has 0 aliphatic carbocycles. The fraction of sp³-hybridized carbons (Fsp3) is 0.357. The van der Waals surface area contributed by atoms with Crippen LogP contribution >= 0.6 is 34.9 Å². The van der Waals surface area contributed by atoms with Crippen molar-refractivity contribution in [1.29, 1.82) is 10.8 Å². The molecule has 0 spiro atoms. The molecule has 2 aromatic carbocycles. The van der Waals surface area contributed by atoms with E-state index in [9.17, 15) is 9.59 Å². The van der Waals surface area contributed by atoms with E-state index < -0.39 is 11.8 Å². The molecule has 0 saturated carbocycles. The van der Waals surface area contributed by atoms with Crippen LogP contribution in [0, 0.1) is 10.8 Å². The molecule has 1 heterocycles. The molecule has 0 fully saturated rings. The van der Waals surface area contributed by atoms with E-state index in [1.807, 2.05) is 49.4 Å². The van der Waals surface area contributed by atoms with Gasteiger partial charge in [0.05, 0.1) is 31.1 Å². The predicted octanol–water partition coefficient (Wildman–Crippen LogP) is 5.53. The van der Waals surface area contributed by atoms with Gasteiger partial charge in [-0.15, -0.1) is 10.2 Å². The van der Waals surface area contributed by atoms with Gasteiger partial charge in [-0.2, -0.15) is 11.8 Å². The molecule has 0 aliphatic rings. The third kappa shape index (κ3) is 9.58. The number of aromatic nitrogens is 2. The van der Waals surface area contributed by atoms with Gasteiger partial charge in [-0.05, 0) is 49.2 Å². The molecule has 13 heteroatoms. The third-order valence-corrected chi connectivity index (χ3v) is 8.73. The second-order valence-electron chi connectivity index (χ2n) is 8.87. The number of hydrogen-bond acceptors (Lipinski definition) is 11. The van der Waals surface area contributed by atoms with Crippen molar-refractivity contribution in [1.82, 2.24) is 15.5 Å². The smallest absolute Gasteiger partial charge is 0.233 e. The summed E-state index contributed by atoms with van der Waals surface area (Å²) in [5.74, 6) is 1.35. The van der Waals surface area contributed by atoms with Crippen molar-refractivity contribution in [2.75, 3.05) is 31.0 Å². The van der Waals surface area contributed by atoms with Crippen LogP contribution in [0.5, 0.6) is 11.5 Å². The maximum Gasteiger partial charge on any atom is 0.233 e. The van der Waals surface area contributed by atoms with Crippen LogP contribution < -0.4 is 20.1 Å². The summed E-state index contributed by atoms with van der Waals surface area (Å²) in [6, 6.07) is 14.7. The standard InChI is InChI=1S/C28H34N6O4S3/c1-17(19-9-5-7-11-21(19)37-3)25(35)31-27(30)40-23(29)13-15-39-16-14-24-33-34-28(41-24)32-26(36)18(2)20-10-6-8-12-22(20)38-4/h5-12,17-18,29H,13-16H2,1-4H3,(H2,30,31,35)(H,32,34,36). The van der Waals surface area contributed by atoms with Crippen molar-refractivity contribution in [3.8, 4) is 11.5 Å². The number of rotatable bonds is 13. The predicted molar refractivity (Wildman–Crippen MR) is 168 cm³/mol. The van der Waals surface area contributed by atoms with Crippen LogP contribution in [0.4, 0.5) is 5.13 Å². The monoisotopic (exact) mass is 614 g/mol. The summed E-state index contributed by atoms with van der Waals surface area (Å²) >= 11 is 3.95. The molecule has 218 valence electrons. The molecule has 4 N–H and O–H groups in total. The third-order valence-electron chi connectivity index (χ3n) is 6.09. The number of para-hydroxylation sites is 2. The Morgan fingerprint density at radius 3 is 2.10 bits per heavy atom. The summed E-state index contributed by atoms with van der Waals surface area (Å²) in [5.41, 5.74) is 1.54. The van der Waals surface area contributed by atoms with Gasteiger partial charge in [-0.25, -0.2) is 0 Å². The number of amides is 2. The Morgan fingerprint density at radius 1 is 0.902 bits per heavy atom. The number of carbonyl (C=O) groups excluding carboxylic acids is 2. The van der Waals surface area contributed by atoms with E-state index in [0.29, 0.717) is 40.3 Å². The van der Waals surface area contributed by atoms with Gasteiger partial charge in [0.2, 0.25) is 16.9 Å². The van der Waals surface area contributed by atoms with Gasteiger partial charge >= 0.3 is 0 Å². The van der Waals surface area contributed by atoms with Gasteiger partial charge < -0.3 is 14.8 Å². The molecular weight excluding hydrogens is 581 g/mol. The number of nitrogens with one attached hydrogen (secondary N) is 4. The molecule has 3 rings (SSSR count). The Bertz CT molecular complexity index is 1370. The SMILES string of the molecule is COc1ccccc1C(C)C(=O)NC(=N)SC(=N)CCSCCc1nnc(NC(=O)C(C)c2ccccc2OC)s1. The zero-order valence-corrected chi connectivity index (χ0v) is 25.8. The van der Waals surface area contributed by atoms with Crippen molar-refractivity contribution in [3.05, 3.63) is 64.7 Å². The average molecular weight is 615 g/mol. The van der Waals surface area contributed by atoms with Crippen LogP contribution in [-0.2, 0) is 16.0 Å². The highest BCUT2D eigenvalue weighted by atomic mass is 32.2. The summed E-state index contributed by atoms with van der Waals surface area (Å²) < 4.78 is 10.7. The lowest BCUT2D eigenvalue weighted by Crippen LogP contribution is -2.32. The lowest BCUT2D eigenvalue weighted by Gasteiger charge is -2.15. The number of benzene rings is 2. The first-order chi connectivity index (χ1) is 19.7. The molecule has 0 bridgehead atoms. The summed E-state index contributed by atoms with van der Waals surface area (Å²) in [6.07, 6.45) is 1.17. The Balaban J connectivity index is 1.34. The quantitative estimate of drug-likeness (QED) is 0.112. The van der Waals surface area contributed by atoms with Crippen molar-refractivity contribution < 1.29 is 19.1 Å². The molecule has 0 radical (unpaired) electrons. The first kappa shape index (κ1) is 32.1. The minimum absolute atomic E-state index is 0.0739. The lowest BCUT2D eigenvalue weighted by molar-refractivity contribution is -0.120. The van der Waals surface area contributed by atoms with E-state index in [2.05, 4.69) is 20.8 Å². The van der Waals surface area contributed by atoms with E-state index in [4.69, 9.17) is 20.3 Å². The van der Waals surface area contributed by atoms with E-state index in [1.54, 1.807) is 39.0 Å². The summed E-state index contributed by atoms with van der Waals surface area (Å²) in [5, 5.41) is 31.4. The van der Waals surface area contributed by atoms with Crippen molar-refractivity contribution in [2.45, 2.75) is 38.5 Å². The number of methoxy groups -OCH3 is 2.